The molecule has 2 aromatic carbocycles. The summed E-state index contributed by atoms with van der Waals surface area (Å²) in [6.45, 7) is 12.4. The van der Waals surface area contributed by atoms with E-state index in [4.69, 9.17) is 10.7 Å². The molecule has 0 unspecified atom stereocenters. The van der Waals surface area contributed by atoms with E-state index in [-0.39, 0.29) is 5.92 Å². The number of benzene rings is 2. The van der Waals surface area contributed by atoms with Crippen molar-refractivity contribution < 1.29 is 10.7 Å². The Bertz CT molecular complexity index is 757. The van der Waals surface area contributed by atoms with Crippen molar-refractivity contribution in [3.8, 4) is 0 Å². The molecule has 0 N–H and O–H groups in total. The molecule has 26 heavy (non-hydrogen) atoms. The van der Waals surface area contributed by atoms with E-state index in [2.05, 4.69) is 30.8 Å². The lowest BCUT2D eigenvalue weighted by molar-refractivity contribution is 0.00578. The van der Waals surface area contributed by atoms with Crippen molar-refractivity contribution in [2.45, 2.75) is 57.5 Å². The summed E-state index contributed by atoms with van der Waals surface area (Å²) in [4.78, 5) is 0. The van der Waals surface area contributed by atoms with Crippen molar-refractivity contribution in [3.05, 3.63) is 78.4 Å². The normalized spacial score (nSPS) is 21.1. The van der Waals surface area contributed by atoms with Gasteiger partial charge in [0.2, 0.25) is 0 Å². The molecule has 1 aliphatic heterocycles. The summed E-state index contributed by atoms with van der Waals surface area (Å²) in [5.74, 6) is -0.0615. The molecular formula is C23H29BO2. The lowest BCUT2D eigenvalue weighted by atomic mass is 9.72. The molecule has 2 nitrogen and oxygen atoms in total. The largest absolute Gasteiger partial charge is 0.458 e. The van der Waals surface area contributed by atoms with Gasteiger partial charge in [0.05, 0.1) is 11.2 Å². The summed E-state index contributed by atoms with van der Waals surface area (Å²) in [5.41, 5.74) is 2.38. The Morgan fingerprint density at radius 2 is 1.46 bits per heavy atom. The lowest BCUT2D eigenvalue weighted by Crippen LogP contribution is -2.41. The van der Waals surface area contributed by atoms with Gasteiger partial charge >= 0.3 is 7.12 Å². The van der Waals surface area contributed by atoms with Crippen LogP contribution in [0.2, 0.25) is 6.30 Å². The maximum atomic E-state index is 8.98. The molecule has 1 saturated heterocycles. The van der Waals surface area contributed by atoms with Crippen molar-refractivity contribution in [2.75, 3.05) is 0 Å². The Morgan fingerprint density at radius 3 is 2.00 bits per heavy atom. The van der Waals surface area contributed by atoms with Crippen LogP contribution >= 0.6 is 0 Å². The maximum Gasteiger partial charge on any atom is 0.458 e. The third-order valence-electron chi connectivity index (χ3n) is 5.54. The molecular weight excluding hydrogens is 319 g/mol. The first-order valence-corrected chi connectivity index (χ1v) is 9.27. The second-order valence-corrected chi connectivity index (χ2v) is 8.01. The fraction of sp³-hybridized carbons (Fsp3) is 0.391. The van der Waals surface area contributed by atoms with Crippen LogP contribution in [0.5, 0.6) is 0 Å². The fourth-order valence-electron chi connectivity index (χ4n) is 3.21. The second kappa shape index (κ2) is 7.42. The van der Waals surface area contributed by atoms with Crippen LogP contribution in [-0.4, -0.2) is 18.3 Å². The van der Waals surface area contributed by atoms with E-state index < -0.39 is 24.6 Å². The maximum absolute atomic E-state index is 8.98. The molecule has 2 atom stereocenters. The van der Waals surface area contributed by atoms with Gasteiger partial charge in [-0.05, 0) is 63.0 Å². The van der Waals surface area contributed by atoms with Crippen molar-refractivity contribution in [3.63, 3.8) is 0 Å². The van der Waals surface area contributed by atoms with Gasteiger partial charge in [-0.15, -0.1) is 0 Å². The molecule has 2 aromatic rings. The molecule has 1 fully saturated rings. The SMILES string of the molecule is [2H][C@H](B1OC(C)(C)C(C)(C)O1)[C@H](CC(=C)c1ccccc1)c1ccccc1. The first-order chi connectivity index (χ1) is 12.7. The van der Waals surface area contributed by atoms with Crippen molar-refractivity contribution in [2.24, 2.45) is 0 Å². The topological polar surface area (TPSA) is 18.5 Å². The van der Waals surface area contributed by atoms with Crippen molar-refractivity contribution in [1.29, 1.82) is 0 Å². The first-order valence-electron chi connectivity index (χ1n) is 9.85. The second-order valence-electron chi connectivity index (χ2n) is 8.01. The summed E-state index contributed by atoms with van der Waals surface area (Å²) in [6, 6.07) is 20.4. The molecule has 0 aliphatic carbocycles. The predicted molar refractivity (Wildman–Crippen MR) is 110 cm³/mol. The average Bonchev–Trinajstić information content (AvgIpc) is 2.88. The van der Waals surface area contributed by atoms with Gasteiger partial charge in [0.15, 0.2) is 0 Å². The minimum atomic E-state index is -0.566. The van der Waals surface area contributed by atoms with E-state index in [1.807, 2.05) is 64.1 Å². The van der Waals surface area contributed by atoms with Crippen molar-refractivity contribution in [1.82, 2.24) is 0 Å². The number of hydrogen-bond acceptors (Lipinski definition) is 2. The summed E-state index contributed by atoms with van der Waals surface area (Å²) in [6.07, 6.45) is 0.139. The number of hydrogen-bond donors (Lipinski definition) is 0. The van der Waals surface area contributed by atoms with Gasteiger partial charge in [-0.3, -0.25) is 0 Å². The van der Waals surface area contributed by atoms with Crippen LogP contribution in [0.1, 0.15) is 52.5 Å². The van der Waals surface area contributed by atoms with Gasteiger partial charge < -0.3 is 9.31 Å². The molecule has 0 bridgehead atoms. The smallest absolute Gasteiger partial charge is 0.403 e. The molecule has 1 aliphatic rings. The molecule has 0 amide bonds. The summed E-state index contributed by atoms with van der Waals surface area (Å²) < 4.78 is 21.3. The summed E-state index contributed by atoms with van der Waals surface area (Å²) in [7, 11) is -0.566. The fourth-order valence-corrected chi connectivity index (χ4v) is 3.21. The summed E-state index contributed by atoms with van der Waals surface area (Å²) in [5, 5.41) is 0. The van der Waals surface area contributed by atoms with Crippen LogP contribution in [0, 0.1) is 0 Å². The van der Waals surface area contributed by atoms with Gasteiger partial charge in [-0.2, -0.15) is 0 Å². The van der Waals surface area contributed by atoms with Gasteiger partial charge in [0.1, 0.15) is 0 Å². The molecule has 3 rings (SSSR count). The molecule has 3 heteroatoms. The Hall–Kier alpha value is -1.84. The van der Waals surface area contributed by atoms with E-state index in [9.17, 15) is 0 Å². The quantitative estimate of drug-likeness (QED) is 0.599. The van der Waals surface area contributed by atoms with Crippen LogP contribution in [0.3, 0.4) is 0 Å². The Balaban J connectivity index is 1.86. The molecule has 0 saturated carbocycles. The third-order valence-corrected chi connectivity index (χ3v) is 5.54. The van der Waals surface area contributed by atoms with Gasteiger partial charge in [-0.1, -0.05) is 67.2 Å². The minimum Gasteiger partial charge on any atom is -0.403 e. The van der Waals surface area contributed by atoms with Crippen LogP contribution in [0.25, 0.3) is 5.57 Å². The van der Waals surface area contributed by atoms with Gasteiger partial charge in [-0.25, -0.2) is 0 Å². The number of allylic oxidation sites excluding steroid dienone is 1. The van der Waals surface area contributed by atoms with Crippen LogP contribution in [0.15, 0.2) is 67.2 Å². The molecule has 0 aromatic heterocycles. The monoisotopic (exact) mass is 349 g/mol. The van der Waals surface area contributed by atoms with E-state index in [1.165, 1.54) is 0 Å². The highest BCUT2D eigenvalue weighted by atomic mass is 16.7. The van der Waals surface area contributed by atoms with Crippen LogP contribution in [0.4, 0.5) is 0 Å². The molecule has 136 valence electrons. The van der Waals surface area contributed by atoms with Crippen LogP contribution in [-0.2, 0) is 9.31 Å². The summed E-state index contributed by atoms with van der Waals surface area (Å²) >= 11 is 0. The zero-order valence-corrected chi connectivity index (χ0v) is 16.2. The number of rotatable bonds is 6. The van der Waals surface area contributed by atoms with E-state index in [0.29, 0.717) is 6.42 Å². The molecule has 1 heterocycles. The van der Waals surface area contributed by atoms with Crippen LogP contribution < -0.4 is 0 Å². The lowest BCUT2D eigenvalue weighted by Gasteiger charge is -2.32. The van der Waals surface area contributed by atoms with Gasteiger partial charge in [0.25, 0.3) is 0 Å². The average molecular weight is 349 g/mol. The zero-order chi connectivity index (χ0) is 19.7. The minimum absolute atomic E-state index is 0.0615. The highest BCUT2D eigenvalue weighted by Crippen LogP contribution is 2.41. The highest BCUT2D eigenvalue weighted by Gasteiger charge is 2.51. The standard InChI is InChI=1S/C23H29BO2/c1-18(19-12-8-6-9-13-19)16-21(20-14-10-7-11-15-20)17-24-25-22(2,3)23(4,5)26-24/h6-15,21H,1,16-17H2,2-5H3/t21-/m0/s1/i17D/t17-,21-. The van der Waals surface area contributed by atoms with E-state index in [1.54, 1.807) is 0 Å². The Kier molecular flexibility index (Phi) is 5.01. The molecule has 0 spiro atoms. The Labute approximate surface area is 159 Å². The first kappa shape index (κ1) is 17.6. The van der Waals surface area contributed by atoms with Crippen molar-refractivity contribution >= 4 is 12.7 Å². The Morgan fingerprint density at radius 1 is 0.962 bits per heavy atom. The van der Waals surface area contributed by atoms with E-state index >= 15 is 0 Å². The van der Waals surface area contributed by atoms with Gasteiger partial charge in [0, 0.05) is 1.37 Å². The third kappa shape index (κ3) is 4.11. The zero-order valence-electron chi connectivity index (χ0n) is 17.2. The van der Waals surface area contributed by atoms with E-state index in [0.717, 1.165) is 16.7 Å². The molecule has 0 radical (unpaired) electrons. The highest BCUT2D eigenvalue weighted by molar-refractivity contribution is 6.45. The predicted octanol–water partition coefficient (Wildman–Crippen LogP) is 5.97.